The Morgan fingerprint density at radius 2 is 0.867 bits per heavy atom. The number of furan rings is 1. The minimum absolute atomic E-state index is 0.531. The molecule has 0 fully saturated rings. The molecule has 4 heterocycles. The van der Waals surface area contributed by atoms with Gasteiger partial charge in [-0.2, -0.15) is 0 Å². The monoisotopic (exact) mass is 954 g/mol. The van der Waals surface area contributed by atoms with E-state index in [9.17, 15) is 0 Å². The average molecular weight is 955 g/mol. The van der Waals surface area contributed by atoms with E-state index in [1.54, 1.807) is 0 Å². The molecule has 348 valence electrons. The van der Waals surface area contributed by atoms with Gasteiger partial charge < -0.3 is 8.82 Å². The summed E-state index contributed by atoms with van der Waals surface area (Å²) in [5, 5.41) is 6.92. The van der Waals surface area contributed by atoms with Gasteiger partial charge in [-0.1, -0.05) is 206 Å². The lowest BCUT2D eigenvalue weighted by Gasteiger charge is -2.33. The van der Waals surface area contributed by atoms with Crippen LogP contribution in [0.25, 0.3) is 128 Å². The van der Waals surface area contributed by atoms with E-state index in [0.717, 1.165) is 93.8 Å². The molecule has 0 spiro atoms. The molecule has 4 aromatic heterocycles. The lowest BCUT2D eigenvalue weighted by molar-refractivity contribution is 0.669. The first-order chi connectivity index (χ1) is 37.2. The highest BCUT2D eigenvalue weighted by molar-refractivity contribution is 6.31. The largest absolute Gasteiger partial charge is 0.456 e. The molecule has 0 radical (unpaired) electrons. The molecule has 0 unspecified atom stereocenters. The number of hydrogen-bond acceptors (Lipinski definition) is 4. The molecule has 0 N–H and O–H groups in total. The molecule has 11 aromatic carbocycles. The van der Waals surface area contributed by atoms with Gasteiger partial charge in [-0.25, -0.2) is 15.0 Å². The third-order valence-corrected chi connectivity index (χ3v) is 15.9. The van der Waals surface area contributed by atoms with E-state index in [2.05, 4.69) is 259 Å². The van der Waals surface area contributed by atoms with E-state index in [1.807, 2.05) is 0 Å². The van der Waals surface area contributed by atoms with Crippen LogP contribution in [0.4, 0.5) is 0 Å². The summed E-state index contributed by atoms with van der Waals surface area (Å²) in [5.41, 5.74) is 18.9. The van der Waals surface area contributed by atoms with Gasteiger partial charge in [0.2, 0.25) is 0 Å². The van der Waals surface area contributed by atoms with Crippen molar-refractivity contribution in [2.75, 3.05) is 0 Å². The Hall–Kier alpha value is -9.97. The van der Waals surface area contributed by atoms with Crippen LogP contribution in [0.5, 0.6) is 0 Å². The van der Waals surface area contributed by atoms with Crippen molar-refractivity contribution in [3.05, 3.63) is 277 Å². The first-order valence-electron chi connectivity index (χ1n) is 25.6. The second kappa shape index (κ2) is 16.0. The standard InChI is InChI=1S/C70H42N4O/c1-5-18-43(19-6-1)45-32-36-55(56(40-45)44-20-7-2-8-21-44)69-72-67(46-34-38-59-57(41-46)50-26-13-15-29-58(50)70(59,48-22-9-3-10-23-48)49-24-11-4-12-25-49)71-68(73-69)47-33-35-52-54-37-39-63-65-64-53(28-17-31-62(64)75-63)51-27-14-16-30-60(51)74(66(54)65)61(52)42-47/h1-42H. The highest BCUT2D eigenvalue weighted by Gasteiger charge is 2.46. The lowest BCUT2D eigenvalue weighted by atomic mass is 9.67. The SMILES string of the molecule is c1ccc(-c2ccc(-c3nc(-c4ccc5c(c4)-c4ccccc4C5(c4ccccc4)c4ccccc4)nc(-c4ccc5c6ccc7oc8cccc9c%10ccccc%10n(c5c4)c6c7c89)n3)c(-c3ccccc3)c2)cc1. The van der Waals surface area contributed by atoms with Gasteiger partial charge in [0.1, 0.15) is 11.2 Å². The zero-order chi connectivity index (χ0) is 49.2. The quantitative estimate of drug-likeness (QED) is 0.160. The van der Waals surface area contributed by atoms with Crippen molar-refractivity contribution in [1.82, 2.24) is 19.4 Å². The molecule has 5 nitrogen and oxygen atoms in total. The number of rotatable bonds is 7. The molecule has 0 saturated heterocycles. The predicted octanol–water partition coefficient (Wildman–Crippen LogP) is 17.6. The highest BCUT2D eigenvalue weighted by atomic mass is 16.3. The van der Waals surface area contributed by atoms with E-state index >= 15 is 0 Å². The first kappa shape index (κ1) is 41.6. The molecule has 0 atom stereocenters. The number of benzene rings is 11. The molecular weight excluding hydrogens is 913 g/mol. The van der Waals surface area contributed by atoms with E-state index in [-0.39, 0.29) is 0 Å². The van der Waals surface area contributed by atoms with Crippen LogP contribution in [0.1, 0.15) is 22.3 Å². The summed E-state index contributed by atoms with van der Waals surface area (Å²) < 4.78 is 9.02. The minimum Gasteiger partial charge on any atom is -0.456 e. The molecule has 75 heavy (non-hydrogen) atoms. The predicted molar refractivity (Wildman–Crippen MR) is 306 cm³/mol. The van der Waals surface area contributed by atoms with Crippen LogP contribution >= 0.6 is 0 Å². The van der Waals surface area contributed by atoms with Gasteiger partial charge in [0.25, 0.3) is 0 Å². The van der Waals surface area contributed by atoms with Crippen LogP contribution < -0.4 is 0 Å². The third kappa shape index (κ3) is 6.04. The molecule has 5 heteroatoms. The summed E-state index contributed by atoms with van der Waals surface area (Å²) in [6.45, 7) is 0. The number of para-hydroxylation sites is 1. The van der Waals surface area contributed by atoms with Crippen LogP contribution in [0.3, 0.4) is 0 Å². The molecular formula is C70H42N4O. The fourth-order valence-corrected chi connectivity index (χ4v) is 12.7. The maximum Gasteiger partial charge on any atom is 0.164 e. The highest BCUT2D eigenvalue weighted by Crippen LogP contribution is 2.57. The summed E-state index contributed by atoms with van der Waals surface area (Å²) >= 11 is 0. The van der Waals surface area contributed by atoms with Crippen molar-refractivity contribution >= 4 is 60.0 Å². The van der Waals surface area contributed by atoms with Gasteiger partial charge in [-0.15, -0.1) is 0 Å². The van der Waals surface area contributed by atoms with Gasteiger partial charge in [0.15, 0.2) is 17.5 Å². The van der Waals surface area contributed by atoms with Gasteiger partial charge in [-0.3, -0.25) is 0 Å². The Bertz CT molecular complexity index is 4710. The molecule has 0 aliphatic heterocycles. The van der Waals surface area contributed by atoms with Gasteiger partial charge in [-0.05, 0) is 110 Å². The van der Waals surface area contributed by atoms with Gasteiger partial charge in [0, 0.05) is 38.2 Å². The van der Waals surface area contributed by atoms with Crippen molar-refractivity contribution in [1.29, 1.82) is 0 Å². The van der Waals surface area contributed by atoms with Crippen molar-refractivity contribution < 1.29 is 4.42 Å². The number of aromatic nitrogens is 4. The fraction of sp³-hybridized carbons (Fsp3) is 0.0143. The number of hydrogen-bond donors (Lipinski definition) is 0. The minimum atomic E-state index is -0.531. The second-order valence-electron chi connectivity index (χ2n) is 19.8. The van der Waals surface area contributed by atoms with E-state index in [4.69, 9.17) is 19.4 Å². The van der Waals surface area contributed by atoms with Crippen molar-refractivity contribution in [2.45, 2.75) is 5.41 Å². The lowest BCUT2D eigenvalue weighted by Crippen LogP contribution is -2.28. The Morgan fingerprint density at radius 3 is 1.64 bits per heavy atom. The molecule has 0 saturated carbocycles. The van der Waals surface area contributed by atoms with Crippen molar-refractivity contribution in [3.63, 3.8) is 0 Å². The molecule has 1 aliphatic rings. The Balaban J connectivity index is 0.966. The van der Waals surface area contributed by atoms with Crippen LogP contribution in [-0.4, -0.2) is 19.4 Å². The van der Waals surface area contributed by atoms with E-state index in [0.29, 0.717) is 17.5 Å². The first-order valence-corrected chi connectivity index (χ1v) is 25.6. The maximum atomic E-state index is 6.58. The van der Waals surface area contributed by atoms with Crippen LogP contribution in [0.15, 0.2) is 259 Å². The Morgan fingerprint density at radius 1 is 0.307 bits per heavy atom. The fourth-order valence-electron chi connectivity index (χ4n) is 12.7. The summed E-state index contributed by atoms with van der Waals surface area (Å²) in [4.78, 5) is 16.5. The zero-order valence-corrected chi connectivity index (χ0v) is 40.4. The Labute approximate surface area is 431 Å². The molecule has 0 amide bonds. The summed E-state index contributed by atoms with van der Waals surface area (Å²) in [6, 6.07) is 91.5. The van der Waals surface area contributed by atoms with E-state index < -0.39 is 5.41 Å². The van der Waals surface area contributed by atoms with Gasteiger partial charge in [0.05, 0.1) is 27.4 Å². The molecule has 15 aromatic rings. The molecule has 16 rings (SSSR count). The van der Waals surface area contributed by atoms with E-state index in [1.165, 1.54) is 38.6 Å². The maximum absolute atomic E-state index is 6.58. The number of fused-ring (bicyclic) bond motifs is 9. The summed E-state index contributed by atoms with van der Waals surface area (Å²) in [7, 11) is 0. The normalized spacial score (nSPS) is 12.9. The second-order valence-corrected chi connectivity index (χ2v) is 19.8. The third-order valence-electron chi connectivity index (χ3n) is 15.9. The topological polar surface area (TPSA) is 56.2 Å². The van der Waals surface area contributed by atoms with Crippen LogP contribution in [0.2, 0.25) is 0 Å². The van der Waals surface area contributed by atoms with Crippen LogP contribution in [-0.2, 0) is 5.41 Å². The summed E-state index contributed by atoms with van der Waals surface area (Å²) in [6.07, 6.45) is 0. The van der Waals surface area contributed by atoms with Gasteiger partial charge >= 0.3 is 0 Å². The summed E-state index contributed by atoms with van der Waals surface area (Å²) in [5.74, 6) is 1.78. The molecule has 1 aliphatic carbocycles. The van der Waals surface area contributed by atoms with Crippen molar-refractivity contribution in [2.24, 2.45) is 0 Å². The average Bonchev–Trinajstić information content (AvgIpc) is 4.16. The smallest absolute Gasteiger partial charge is 0.164 e. The number of nitrogens with zero attached hydrogens (tertiary/aromatic N) is 4. The Kier molecular flexibility index (Phi) is 8.89. The molecule has 0 bridgehead atoms. The van der Waals surface area contributed by atoms with Crippen molar-refractivity contribution in [3.8, 4) is 67.5 Å². The zero-order valence-electron chi connectivity index (χ0n) is 40.4. The van der Waals surface area contributed by atoms with Crippen LogP contribution in [0, 0.1) is 0 Å².